The summed E-state index contributed by atoms with van der Waals surface area (Å²) >= 11 is 0. The fraction of sp³-hybridized carbons (Fsp3) is 0.250. The molecular formula is C28H31N5O4S. The van der Waals surface area contributed by atoms with E-state index in [0.29, 0.717) is 24.2 Å². The van der Waals surface area contributed by atoms with Gasteiger partial charge in [-0.05, 0) is 53.8 Å². The van der Waals surface area contributed by atoms with Crippen LogP contribution in [0.2, 0.25) is 0 Å². The molecule has 1 aromatic heterocycles. The Morgan fingerprint density at radius 1 is 1.03 bits per heavy atom. The van der Waals surface area contributed by atoms with Gasteiger partial charge >= 0.3 is 0 Å². The van der Waals surface area contributed by atoms with Crippen LogP contribution in [0.15, 0.2) is 77.2 Å². The van der Waals surface area contributed by atoms with Crippen molar-refractivity contribution in [3.63, 3.8) is 0 Å². The molecule has 198 valence electrons. The maximum Gasteiger partial charge on any atom is 0.247 e. The van der Waals surface area contributed by atoms with Gasteiger partial charge in [0.1, 0.15) is 0 Å². The number of hydrogen-bond acceptors (Lipinski definition) is 7. The first-order valence-electron chi connectivity index (χ1n) is 12.0. The zero-order valence-electron chi connectivity index (χ0n) is 21.8. The van der Waals surface area contributed by atoms with Crippen LogP contribution >= 0.6 is 0 Å². The Kier molecular flexibility index (Phi) is 7.66. The highest BCUT2D eigenvalue weighted by Crippen LogP contribution is 2.34. The predicted molar refractivity (Wildman–Crippen MR) is 148 cm³/mol. The van der Waals surface area contributed by atoms with E-state index >= 15 is 0 Å². The molecule has 0 aliphatic heterocycles. The summed E-state index contributed by atoms with van der Waals surface area (Å²) < 4.78 is 32.0. The van der Waals surface area contributed by atoms with E-state index in [9.17, 15) is 13.2 Å². The van der Waals surface area contributed by atoms with Gasteiger partial charge in [0, 0.05) is 26.1 Å². The molecule has 0 aliphatic rings. The van der Waals surface area contributed by atoms with Gasteiger partial charge in [0.05, 0.1) is 17.5 Å². The lowest BCUT2D eigenvalue weighted by atomic mass is 9.94. The monoisotopic (exact) mass is 533 g/mol. The van der Waals surface area contributed by atoms with Crippen LogP contribution in [-0.4, -0.2) is 37.8 Å². The van der Waals surface area contributed by atoms with Gasteiger partial charge in [-0.15, -0.1) is 10.2 Å². The Hall–Kier alpha value is -4.02. The third kappa shape index (κ3) is 6.27. The first-order chi connectivity index (χ1) is 17.9. The van der Waals surface area contributed by atoms with Crippen molar-refractivity contribution in [2.75, 3.05) is 17.6 Å². The third-order valence-corrected chi connectivity index (χ3v) is 7.42. The Morgan fingerprint density at radius 2 is 1.68 bits per heavy atom. The minimum atomic E-state index is -3.55. The molecule has 0 unspecified atom stereocenters. The number of hydrogen-bond donors (Lipinski definition) is 2. The number of amides is 1. The third-order valence-electron chi connectivity index (χ3n) is 6.21. The van der Waals surface area contributed by atoms with E-state index in [1.165, 1.54) is 18.3 Å². The van der Waals surface area contributed by atoms with Crippen molar-refractivity contribution in [1.82, 2.24) is 15.5 Å². The molecule has 3 N–H and O–H groups in total. The second-order valence-electron chi connectivity index (χ2n) is 9.56. The van der Waals surface area contributed by atoms with Crippen molar-refractivity contribution in [2.45, 2.75) is 32.4 Å². The number of benzene rings is 3. The largest absolute Gasteiger partial charge is 0.419 e. The van der Waals surface area contributed by atoms with Crippen LogP contribution in [0.4, 0.5) is 5.69 Å². The van der Waals surface area contributed by atoms with Gasteiger partial charge in [0.25, 0.3) is 0 Å². The molecule has 0 spiro atoms. The standard InChI is InChI=1S/C28H31N5O4S/c1-19(34)30-18-21-12-8-9-13-25(21)22-14-23(16-24(15-22)33(3)38(4,35)36)26-31-32-27(37-26)28(2,29)17-20-10-6-5-7-11-20/h5-16H,17-18,29H2,1-4H3,(H,30,34)/t28-/m0/s1. The number of anilines is 1. The first-order valence-corrected chi connectivity index (χ1v) is 13.9. The average molecular weight is 534 g/mol. The number of nitrogens with one attached hydrogen (secondary N) is 1. The highest BCUT2D eigenvalue weighted by atomic mass is 32.2. The van der Waals surface area contributed by atoms with Crippen molar-refractivity contribution in [1.29, 1.82) is 0 Å². The summed E-state index contributed by atoms with van der Waals surface area (Å²) in [5, 5.41) is 11.3. The number of nitrogens with zero attached hydrogens (tertiary/aromatic N) is 3. The van der Waals surface area contributed by atoms with E-state index in [0.717, 1.165) is 28.5 Å². The molecule has 0 fully saturated rings. The topological polar surface area (TPSA) is 131 Å². The van der Waals surface area contributed by atoms with Crippen molar-refractivity contribution in [3.05, 3.63) is 89.8 Å². The average Bonchev–Trinajstić information content (AvgIpc) is 3.38. The molecule has 1 amide bonds. The highest BCUT2D eigenvalue weighted by molar-refractivity contribution is 7.92. The fourth-order valence-corrected chi connectivity index (χ4v) is 4.59. The van der Waals surface area contributed by atoms with Gasteiger partial charge < -0.3 is 15.5 Å². The summed E-state index contributed by atoms with van der Waals surface area (Å²) in [5.41, 5.74) is 10.1. The number of aromatic nitrogens is 2. The zero-order valence-corrected chi connectivity index (χ0v) is 22.6. The van der Waals surface area contributed by atoms with E-state index < -0.39 is 15.6 Å². The molecule has 0 saturated carbocycles. The van der Waals surface area contributed by atoms with E-state index in [1.54, 1.807) is 12.1 Å². The Labute approximate surface area is 222 Å². The Balaban J connectivity index is 1.78. The fourth-order valence-electron chi connectivity index (χ4n) is 4.11. The lowest BCUT2D eigenvalue weighted by molar-refractivity contribution is -0.119. The number of rotatable bonds is 9. The summed E-state index contributed by atoms with van der Waals surface area (Å²) in [4.78, 5) is 11.5. The van der Waals surface area contributed by atoms with Crippen LogP contribution in [-0.2, 0) is 33.3 Å². The van der Waals surface area contributed by atoms with Crippen LogP contribution in [0, 0.1) is 0 Å². The van der Waals surface area contributed by atoms with Gasteiger partial charge in [-0.1, -0.05) is 54.6 Å². The van der Waals surface area contributed by atoms with Crippen molar-refractivity contribution < 1.29 is 17.6 Å². The highest BCUT2D eigenvalue weighted by Gasteiger charge is 2.29. The number of carbonyl (C=O) groups is 1. The Bertz CT molecular complexity index is 1550. The van der Waals surface area contributed by atoms with Crippen LogP contribution in [0.5, 0.6) is 0 Å². The molecule has 4 rings (SSSR count). The normalized spacial score (nSPS) is 13.1. The van der Waals surface area contributed by atoms with E-state index in [4.69, 9.17) is 10.2 Å². The molecule has 9 nitrogen and oxygen atoms in total. The van der Waals surface area contributed by atoms with Gasteiger partial charge in [-0.3, -0.25) is 9.10 Å². The quantitative estimate of drug-likeness (QED) is 0.334. The summed E-state index contributed by atoms with van der Waals surface area (Å²) in [6.07, 6.45) is 1.63. The minimum Gasteiger partial charge on any atom is -0.419 e. The maximum atomic E-state index is 12.4. The van der Waals surface area contributed by atoms with E-state index in [-0.39, 0.29) is 17.7 Å². The van der Waals surface area contributed by atoms with E-state index in [1.807, 2.05) is 67.6 Å². The molecule has 4 aromatic rings. The van der Waals surface area contributed by atoms with Gasteiger partial charge in [-0.25, -0.2) is 8.42 Å². The Morgan fingerprint density at radius 3 is 2.37 bits per heavy atom. The van der Waals surface area contributed by atoms with Crippen molar-refractivity contribution >= 4 is 21.6 Å². The first kappa shape index (κ1) is 27.0. The molecule has 3 aromatic carbocycles. The maximum absolute atomic E-state index is 12.4. The summed E-state index contributed by atoms with van der Waals surface area (Å²) in [6, 6.07) is 22.7. The SMILES string of the molecule is CC(=O)NCc1ccccc1-c1cc(-c2nnc([C@@](C)(N)Cc3ccccc3)o2)cc(N(C)S(C)(=O)=O)c1. The van der Waals surface area contributed by atoms with Gasteiger partial charge in [0.2, 0.25) is 27.7 Å². The number of nitrogens with two attached hydrogens (primary N) is 1. The molecule has 0 radical (unpaired) electrons. The van der Waals surface area contributed by atoms with Crippen LogP contribution in [0.3, 0.4) is 0 Å². The van der Waals surface area contributed by atoms with Crippen LogP contribution in [0.25, 0.3) is 22.6 Å². The molecule has 1 heterocycles. The molecule has 10 heteroatoms. The van der Waals surface area contributed by atoms with Gasteiger partial charge in [0.15, 0.2) is 0 Å². The molecule has 1 atom stereocenters. The molecule has 0 bridgehead atoms. The molecular weight excluding hydrogens is 502 g/mol. The van der Waals surface area contributed by atoms with Crippen LogP contribution in [0.1, 0.15) is 30.9 Å². The predicted octanol–water partition coefficient (Wildman–Crippen LogP) is 3.85. The molecule has 0 saturated heterocycles. The number of carbonyl (C=O) groups excluding carboxylic acids is 1. The van der Waals surface area contributed by atoms with Crippen molar-refractivity contribution in [3.8, 4) is 22.6 Å². The summed E-state index contributed by atoms with van der Waals surface area (Å²) in [6.45, 7) is 3.61. The second kappa shape index (κ2) is 10.8. The zero-order chi connectivity index (χ0) is 27.5. The second-order valence-corrected chi connectivity index (χ2v) is 11.6. The van der Waals surface area contributed by atoms with E-state index in [2.05, 4.69) is 15.5 Å². The van der Waals surface area contributed by atoms with Crippen LogP contribution < -0.4 is 15.4 Å². The van der Waals surface area contributed by atoms with Gasteiger partial charge in [-0.2, -0.15) is 0 Å². The summed E-state index contributed by atoms with van der Waals surface area (Å²) in [5.74, 6) is 0.338. The van der Waals surface area contributed by atoms with Crippen molar-refractivity contribution in [2.24, 2.45) is 5.73 Å². The molecule has 38 heavy (non-hydrogen) atoms. The summed E-state index contributed by atoms with van der Waals surface area (Å²) in [7, 11) is -2.06. The smallest absolute Gasteiger partial charge is 0.247 e. The lowest BCUT2D eigenvalue weighted by Gasteiger charge is -2.20. The molecule has 0 aliphatic carbocycles. The number of sulfonamides is 1. The minimum absolute atomic E-state index is 0.148. The lowest BCUT2D eigenvalue weighted by Crippen LogP contribution is -2.35.